The fraction of sp³-hybridized carbons (Fsp3) is 0.368. The molecule has 0 aromatic heterocycles. The number of piperidine rings is 1. The number of nitrogens with one attached hydrogen (secondary N) is 2. The second-order valence-electron chi connectivity index (χ2n) is 6.55. The van der Waals surface area contributed by atoms with E-state index in [1.807, 2.05) is 31.2 Å². The summed E-state index contributed by atoms with van der Waals surface area (Å²) in [5.74, 6) is 0.715. The molecule has 0 bridgehead atoms. The summed E-state index contributed by atoms with van der Waals surface area (Å²) in [6, 6.07) is 12.6. The summed E-state index contributed by atoms with van der Waals surface area (Å²) < 4.78 is 33.9. The summed E-state index contributed by atoms with van der Waals surface area (Å²) >= 11 is 0. The van der Waals surface area contributed by atoms with E-state index in [-0.39, 0.29) is 10.8 Å². The molecule has 9 heteroatoms. The van der Waals surface area contributed by atoms with Crippen LogP contribution in [0.5, 0.6) is 5.75 Å². The molecular weight excluding hydrogens is 382 g/mol. The van der Waals surface area contributed by atoms with E-state index in [9.17, 15) is 18.5 Å². The number of hydrogen-bond acceptors (Lipinski definition) is 6. The third-order valence-corrected chi connectivity index (χ3v) is 6.30. The van der Waals surface area contributed by atoms with Crippen LogP contribution in [0.3, 0.4) is 0 Å². The third kappa shape index (κ3) is 4.49. The standard InChI is InChI=1S/C19H23N3O5S/c1-2-27-15-9-7-14(8-10-15)16-11-12-20-13-17(16)21-28(25,26)19-6-4-3-5-18(19)22(23)24/h3-10,16-17,20-21H,2,11-13H2,1H3/t16-,17-/m1/s1. The average Bonchev–Trinajstić information content (AvgIpc) is 2.69. The predicted octanol–water partition coefficient (Wildman–Crippen LogP) is 2.42. The Kier molecular flexibility index (Phi) is 6.28. The van der Waals surface area contributed by atoms with Gasteiger partial charge in [0.1, 0.15) is 5.75 Å². The minimum atomic E-state index is -4.05. The smallest absolute Gasteiger partial charge is 0.289 e. The number of nitro benzene ring substituents is 1. The van der Waals surface area contributed by atoms with Crippen molar-refractivity contribution in [2.75, 3.05) is 19.7 Å². The van der Waals surface area contributed by atoms with Gasteiger partial charge in [0.2, 0.25) is 10.0 Å². The molecule has 8 nitrogen and oxygen atoms in total. The lowest BCUT2D eigenvalue weighted by Crippen LogP contribution is -2.49. The summed E-state index contributed by atoms with van der Waals surface area (Å²) in [6.45, 7) is 3.69. The Morgan fingerprint density at radius 3 is 2.61 bits per heavy atom. The van der Waals surface area contributed by atoms with Gasteiger partial charge in [0.05, 0.1) is 11.5 Å². The molecule has 0 saturated carbocycles. The normalized spacial score (nSPS) is 19.9. The van der Waals surface area contributed by atoms with Crippen LogP contribution in [0.1, 0.15) is 24.8 Å². The fourth-order valence-electron chi connectivity index (χ4n) is 3.46. The maximum absolute atomic E-state index is 12.9. The first kappa shape index (κ1) is 20.2. The van der Waals surface area contributed by atoms with E-state index >= 15 is 0 Å². The lowest BCUT2D eigenvalue weighted by molar-refractivity contribution is -0.387. The minimum absolute atomic E-state index is 0.0468. The Bertz CT molecular complexity index is 931. The van der Waals surface area contributed by atoms with E-state index in [0.29, 0.717) is 13.2 Å². The molecule has 1 aliphatic heterocycles. The van der Waals surface area contributed by atoms with E-state index in [2.05, 4.69) is 10.0 Å². The minimum Gasteiger partial charge on any atom is -0.494 e. The average molecular weight is 405 g/mol. The maximum Gasteiger partial charge on any atom is 0.289 e. The molecule has 28 heavy (non-hydrogen) atoms. The van der Waals surface area contributed by atoms with Gasteiger partial charge in [-0.25, -0.2) is 13.1 Å². The molecule has 2 aromatic rings. The Labute approximate surface area is 164 Å². The number of nitro groups is 1. The summed E-state index contributed by atoms with van der Waals surface area (Å²) in [7, 11) is -4.05. The van der Waals surface area contributed by atoms with Crippen molar-refractivity contribution in [1.82, 2.24) is 10.0 Å². The van der Waals surface area contributed by atoms with E-state index in [1.165, 1.54) is 24.3 Å². The van der Waals surface area contributed by atoms with Gasteiger partial charge in [0.15, 0.2) is 4.90 Å². The topological polar surface area (TPSA) is 111 Å². The van der Waals surface area contributed by atoms with Crippen LogP contribution in [0, 0.1) is 10.1 Å². The summed E-state index contributed by atoms with van der Waals surface area (Å²) in [6.07, 6.45) is 0.748. The highest BCUT2D eigenvalue weighted by atomic mass is 32.2. The van der Waals surface area contributed by atoms with E-state index in [4.69, 9.17) is 4.74 Å². The van der Waals surface area contributed by atoms with Gasteiger partial charge in [-0.15, -0.1) is 0 Å². The van der Waals surface area contributed by atoms with Crippen molar-refractivity contribution in [3.05, 3.63) is 64.2 Å². The number of rotatable bonds is 7. The quantitative estimate of drug-likeness (QED) is 0.541. The van der Waals surface area contributed by atoms with Gasteiger partial charge in [-0.3, -0.25) is 10.1 Å². The first-order valence-corrected chi connectivity index (χ1v) is 10.6. The maximum atomic E-state index is 12.9. The van der Waals surface area contributed by atoms with Crippen molar-refractivity contribution >= 4 is 15.7 Å². The van der Waals surface area contributed by atoms with E-state index in [0.717, 1.165) is 24.3 Å². The summed E-state index contributed by atoms with van der Waals surface area (Å²) in [5, 5.41) is 14.4. The van der Waals surface area contributed by atoms with Gasteiger partial charge in [0, 0.05) is 24.6 Å². The molecular formula is C19H23N3O5S. The van der Waals surface area contributed by atoms with Gasteiger partial charge >= 0.3 is 0 Å². The first-order valence-electron chi connectivity index (χ1n) is 9.11. The molecule has 2 atom stereocenters. The van der Waals surface area contributed by atoms with Gasteiger partial charge in [-0.2, -0.15) is 0 Å². The van der Waals surface area contributed by atoms with Crippen molar-refractivity contribution in [3.63, 3.8) is 0 Å². The van der Waals surface area contributed by atoms with Gasteiger partial charge in [-0.05, 0) is 43.7 Å². The number of para-hydroxylation sites is 1. The molecule has 1 saturated heterocycles. The number of benzene rings is 2. The van der Waals surface area contributed by atoms with Crippen molar-refractivity contribution in [2.24, 2.45) is 0 Å². The van der Waals surface area contributed by atoms with Crippen molar-refractivity contribution in [3.8, 4) is 5.75 Å². The molecule has 0 radical (unpaired) electrons. The SMILES string of the molecule is CCOc1ccc([C@H]2CCNC[C@H]2NS(=O)(=O)c2ccccc2[N+](=O)[O-])cc1. The highest BCUT2D eigenvalue weighted by Crippen LogP contribution is 2.30. The fourth-order valence-corrected chi connectivity index (χ4v) is 4.91. The number of hydrogen-bond donors (Lipinski definition) is 2. The van der Waals surface area contributed by atoms with Crippen LogP contribution in [-0.4, -0.2) is 39.1 Å². The van der Waals surface area contributed by atoms with Crippen molar-refractivity contribution in [2.45, 2.75) is 30.2 Å². The van der Waals surface area contributed by atoms with Crippen LogP contribution >= 0.6 is 0 Å². The highest BCUT2D eigenvalue weighted by molar-refractivity contribution is 7.89. The van der Waals surface area contributed by atoms with E-state index in [1.54, 1.807) is 0 Å². The Morgan fingerprint density at radius 2 is 1.93 bits per heavy atom. The zero-order chi connectivity index (χ0) is 20.1. The largest absolute Gasteiger partial charge is 0.494 e. The molecule has 1 fully saturated rings. The number of sulfonamides is 1. The zero-order valence-corrected chi connectivity index (χ0v) is 16.3. The molecule has 0 unspecified atom stereocenters. The molecule has 2 aromatic carbocycles. The molecule has 1 aliphatic rings. The second-order valence-corrected chi connectivity index (χ2v) is 8.24. The molecule has 0 spiro atoms. The number of ether oxygens (including phenoxy) is 1. The van der Waals surface area contributed by atoms with Crippen LogP contribution in [0.25, 0.3) is 0 Å². The van der Waals surface area contributed by atoms with Gasteiger partial charge in [-0.1, -0.05) is 24.3 Å². The third-order valence-electron chi connectivity index (χ3n) is 4.76. The second kappa shape index (κ2) is 8.68. The van der Waals surface area contributed by atoms with Crippen molar-refractivity contribution < 1.29 is 18.1 Å². The lowest BCUT2D eigenvalue weighted by Gasteiger charge is -2.33. The first-order chi connectivity index (χ1) is 13.4. The van der Waals surface area contributed by atoms with Crippen LogP contribution in [0.4, 0.5) is 5.69 Å². The summed E-state index contributed by atoms with van der Waals surface area (Å²) in [5.41, 5.74) is 0.566. The van der Waals surface area contributed by atoms with Gasteiger partial charge in [0.25, 0.3) is 5.69 Å². The molecule has 0 aliphatic carbocycles. The van der Waals surface area contributed by atoms with Crippen LogP contribution in [0.2, 0.25) is 0 Å². The molecule has 2 N–H and O–H groups in total. The van der Waals surface area contributed by atoms with Crippen molar-refractivity contribution in [1.29, 1.82) is 0 Å². The molecule has 3 rings (SSSR count). The Morgan fingerprint density at radius 1 is 1.21 bits per heavy atom. The predicted molar refractivity (Wildman–Crippen MR) is 105 cm³/mol. The van der Waals surface area contributed by atoms with Gasteiger partial charge < -0.3 is 10.1 Å². The highest BCUT2D eigenvalue weighted by Gasteiger charge is 2.33. The monoisotopic (exact) mass is 405 g/mol. The zero-order valence-electron chi connectivity index (χ0n) is 15.5. The lowest BCUT2D eigenvalue weighted by atomic mass is 9.86. The van der Waals surface area contributed by atoms with Crippen LogP contribution in [0.15, 0.2) is 53.4 Å². The van der Waals surface area contributed by atoms with Crippen LogP contribution < -0.4 is 14.8 Å². The number of nitrogens with zero attached hydrogens (tertiary/aromatic N) is 1. The molecule has 0 amide bonds. The molecule has 150 valence electrons. The molecule has 1 heterocycles. The Hall–Kier alpha value is -2.49. The summed E-state index contributed by atoms with van der Waals surface area (Å²) in [4.78, 5) is 10.2. The Balaban J connectivity index is 1.85. The van der Waals surface area contributed by atoms with Crippen LogP contribution in [-0.2, 0) is 10.0 Å². The van der Waals surface area contributed by atoms with E-state index < -0.39 is 26.7 Å².